The van der Waals surface area contributed by atoms with Crippen LogP contribution in [0.15, 0.2) is 24.3 Å². The average Bonchev–Trinajstić information content (AvgIpc) is 2.45. The summed E-state index contributed by atoms with van der Waals surface area (Å²) >= 11 is 0. The number of aryl methyl sites for hydroxylation is 1. The minimum Gasteiger partial charge on any atom is -0.352 e. The number of hydrogen-bond acceptors (Lipinski definition) is 3. The quantitative estimate of drug-likeness (QED) is 0.911. The molecule has 5 nitrogen and oxygen atoms in total. The standard InChI is InChI=1S/C15H22N2O3S/c1-12-6-3-4-7-13(12)10-16-15(18)14-8-5-9-17(11-14)21(2,19)20/h3-4,6-7,14H,5,8-11H2,1-2H3,(H,16,18). The van der Waals surface area contributed by atoms with E-state index in [1.807, 2.05) is 31.2 Å². The zero-order chi connectivity index (χ0) is 15.5. The van der Waals surface area contributed by atoms with Crippen LogP contribution in [0, 0.1) is 12.8 Å². The van der Waals surface area contributed by atoms with Crippen molar-refractivity contribution >= 4 is 15.9 Å². The van der Waals surface area contributed by atoms with Crippen molar-refractivity contribution in [3.8, 4) is 0 Å². The van der Waals surface area contributed by atoms with Crippen LogP contribution in [0.1, 0.15) is 24.0 Å². The first kappa shape index (κ1) is 16.0. The van der Waals surface area contributed by atoms with E-state index in [0.29, 0.717) is 19.6 Å². The summed E-state index contributed by atoms with van der Waals surface area (Å²) < 4.78 is 24.5. The molecule has 6 heteroatoms. The first-order valence-corrected chi connectivity index (χ1v) is 9.00. The van der Waals surface area contributed by atoms with Crippen molar-refractivity contribution in [2.24, 2.45) is 5.92 Å². The monoisotopic (exact) mass is 310 g/mol. The molecule has 1 amide bonds. The molecule has 0 radical (unpaired) electrons. The molecule has 1 aliphatic heterocycles. The van der Waals surface area contributed by atoms with Crippen LogP contribution < -0.4 is 5.32 Å². The molecule has 1 unspecified atom stereocenters. The number of nitrogens with one attached hydrogen (secondary N) is 1. The van der Waals surface area contributed by atoms with Gasteiger partial charge in [0.25, 0.3) is 0 Å². The Morgan fingerprint density at radius 1 is 1.38 bits per heavy atom. The van der Waals surface area contributed by atoms with E-state index < -0.39 is 10.0 Å². The predicted octanol–water partition coefficient (Wildman–Crippen LogP) is 1.28. The Hall–Kier alpha value is -1.40. The van der Waals surface area contributed by atoms with Gasteiger partial charge in [-0.05, 0) is 30.9 Å². The molecule has 1 atom stereocenters. The minimum absolute atomic E-state index is 0.0633. The molecule has 1 saturated heterocycles. The maximum absolute atomic E-state index is 12.2. The second-order valence-electron chi connectivity index (χ2n) is 5.60. The lowest BCUT2D eigenvalue weighted by atomic mass is 9.98. The van der Waals surface area contributed by atoms with Gasteiger partial charge in [0.05, 0.1) is 12.2 Å². The second-order valence-corrected chi connectivity index (χ2v) is 7.59. The molecule has 1 aromatic rings. The summed E-state index contributed by atoms with van der Waals surface area (Å²) in [5.74, 6) is -0.316. The van der Waals surface area contributed by atoms with Crippen LogP contribution in [-0.2, 0) is 21.4 Å². The molecule has 0 spiro atoms. The van der Waals surface area contributed by atoms with Crippen molar-refractivity contribution in [1.82, 2.24) is 9.62 Å². The summed E-state index contributed by atoms with van der Waals surface area (Å²) in [6.07, 6.45) is 2.67. The lowest BCUT2D eigenvalue weighted by Gasteiger charge is -2.30. The Morgan fingerprint density at radius 3 is 2.76 bits per heavy atom. The number of rotatable bonds is 4. The van der Waals surface area contributed by atoms with Gasteiger partial charge in [0.15, 0.2) is 0 Å². The summed E-state index contributed by atoms with van der Waals surface area (Å²) in [5.41, 5.74) is 2.22. The van der Waals surface area contributed by atoms with E-state index in [1.54, 1.807) is 0 Å². The van der Waals surface area contributed by atoms with Crippen molar-refractivity contribution < 1.29 is 13.2 Å². The first-order chi connectivity index (χ1) is 9.88. The van der Waals surface area contributed by atoms with E-state index in [0.717, 1.165) is 24.0 Å². The fourth-order valence-electron chi connectivity index (χ4n) is 2.59. The van der Waals surface area contributed by atoms with Gasteiger partial charge in [0.2, 0.25) is 15.9 Å². The largest absolute Gasteiger partial charge is 0.352 e. The normalized spacial score (nSPS) is 20.2. The van der Waals surface area contributed by atoms with Crippen molar-refractivity contribution in [3.05, 3.63) is 35.4 Å². The van der Waals surface area contributed by atoms with E-state index in [4.69, 9.17) is 0 Å². The summed E-state index contributed by atoms with van der Waals surface area (Å²) in [6.45, 7) is 3.30. The van der Waals surface area contributed by atoms with Crippen LogP contribution in [0.25, 0.3) is 0 Å². The minimum atomic E-state index is -3.21. The number of amides is 1. The molecule has 0 aromatic heterocycles. The highest BCUT2D eigenvalue weighted by Gasteiger charge is 2.29. The van der Waals surface area contributed by atoms with Gasteiger partial charge in [-0.2, -0.15) is 0 Å². The summed E-state index contributed by atoms with van der Waals surface area (Å²) in [5, 5.41) is 2.92. The molecule has 0 saturated carbocycles. The maximum Gasteiger partial charge on any atom is 0.224 e. The Kier molecular flexibility index (Phi) is 5.00. The van der Waals surface area contributed by atoms with Crippen LogP contribution in [0.3, 0.4) is 0 Å². The van der Waals surface area contributed by atoms with Crippen LogP contribution in [0.5, 0.6) is 0 Å². The third-order valence-electron chi connectivity index (χ3n) is 3.94. The van der Waals surface area contributed by atoms with Gasteiger partial charge in [0, 0.05) is 19.6 Å². The molecule has 116 valence electrons. The van der Waals surface area contributed by atoms with Gasteiger partial charge >= 0.3 is 0 Å². The Bertz CT molecular complexity index is 613. The highest BCUT2D eigenvalue weighted by molar-refractivity contribution is 7.88. The van der Waals surface area contributed by atoms with Gasteiger partial charge in [-0.1, -0.05) is 24.3 Å². The van der Waals surface area contributed by atoms with Crippen LogP contribution >= 0.6 is 0 Å². The third kappa shape index (κ3) is 4.28. The van der Waals surface area contributed by atoms with E-state index in [2.05, 4.69) is 5.32 Å². The van der Waals surface area contributed by atoms with Crippen molar-refractivity contribution in [2.75, 3.05) is 19.3 Å². The lowest BCUT2D eigenvalue weighted by molar-refractivity contribution is -0.126. The molecular formula is C15H22N2O3S. The molecule has 2 rings (SSSR count). The molecule has 0 aliphatic carbocycles. The van der Waals surface area contributed by atoms with Gasteiger partial charge in [-0.25, -0.2) is 12.7 Å². The van der Waals surface area contributed by atoms with Crippen molar-refractivity contribution in [2.45, 2.75) is 26.3 Å². The highest BCUT2D eigenvalue weighted by Crippen LogP contribution is 2.19. The Balaban J connectivity index is 1.93. The van der Waals surface area contributed by atoms with Gasteiger partial charge in [0.1, 0.15) is 0 Å². The topological polar surface area (TPSA) is 66.5 Å². The number of sulfonamides is 1. The zero-order valence-electron chi connectivity index (χ0n) is 12.5. The van der Waals surface area contributed by atoms with Crippen molar-refractivity contribution in [3.63, 3.8) is 0 Å². The average molecular weight is 310 g/mol. The molecule has 0 bridgehead atoms. The van der Waals surface area contributed by atoms with E-state index in [-0.39, 0.29) is 11.8 Å². The number of piperidine rings is 1. The van der Waals surface area contributed by atoms with Gasteiger partial charge < -0.3 is 5.32 Å². The summed E-state index contributed by atoms with van der Waals surface area (Å²) in [4.78, 5) is 12.2. The van der Waals surface area contributed by atoms with Gasteiger partial charge in [-0.3, -0.25) is 4.79 Å². The lowest BCUT2D eigenvalue weighted by Crippen LogP contribution is -2.44. The summed E-state index contributed by atoms with van der Waals surface area (Å²) in [7, 11) is -3.21. The molecule has 1 aromatic carbocycles. The Morgan fingerprint density at radius 2 is 2.10 bits per heavy atom. The molecule has 21 heavy (non-hydrogen) atoms. The fourth-order valence-corrected chi connectivity index (χ4v) is 3.50. The fraction of sp³-hybridized carbons (Fsp3) is 0.533. The molecule has 1 aliphatic rings. The van der Waals surface area contributed by atoms with E-state index >= 15 is 0 Å². The van der Waals surface area contributed by atoms with Gasteiger partial charge in [-0.15, -0.1) is 0 Å². The van der Waals surface area contributed by atoms with Crippen molar-refractivity contribution in [1.29, 1.82) is 0 Å². The predicted molar refractivity (Wildman–Crippen MR) is 82.2 cm³/mol. The maximum atomic E-state index is 12.2. The number of carbonyl (C=O) groups is 1. The molecular weight excluding hydrogens is 288 g/mol. The number of benzene rings is 1. The smallest absolute Gasteiger partial charge is 0.224 e. The van der Waals surface area contributed by atoms with Crippen LogP contribution in [-0.4, -0.2) is 38.0 Å². The highest BCUT2D eigenvalue weighted by atomic mass is 32.2. The molecule has 1 N–H and O–H groups in total. The SMILES string of the molecule is Cc1ccccc1CNC(=O)C1CCCN(S(C)(=O)=O)C1. The molecule has 1 heterocycles. The zero-order valence-corrected chi connectivity index (χ0v) is 13.3. The summed E-state index contributed by atoms with van der Waals surface area (Å²) in [6, 6.07) is 7.90. The third-order valence-corrected chi connectivity index (χ3v) is 5.21. The second kappa shape index (κ2) is 6.58. The van der Waals surface area contributed by atoms with Crippen LogP contribution in [0.4, 0.5) is 0 Å². The van der Waals surface area contributed by atoms with E-state index in [9.17, 15) is 13.2 Å². The first-order valence-electron chi connectivity index (χ1n) is 7.15. The number of nitrogens with zero attached hydrogens (tertiary/aromatic N) is 1. The van der Waals surface area contributed by atoms with E-state index in [1.165, 1.54) is 10.6 Å². The van der Waals surface area contributed by atoms with Crippen LogP contribution in [0.2, 0.25) is 0 Å². The molecule has 1 fully saturated rings. The number of hydrogen-bond donors (Lipinski definition) is 1. The Labute approximate surface area is 126 Å². The number of carbonyl (C=O) groups excluding carboxylic acids is 1.